The standard InChI is InChI=1S/C23H19N5O3.C6H13N/c1-27(23(29)31-3)18-10-8-17(9-11-18)20-19(16-6-4-15(14-24)5-7-16)26-22(30-2)21-25-12-13-28(20)21;1-7-5-3-2-4-6-7/h4-13H,1-3H3;2-6H2,1H3. The van der Waals surface area contributed by atoms with Gasteiger partial charge in [0.2, 0.25) is 5.65 Å². The smallest absolute Gasteiger partial charge is 0.413 e. The molecule has 0 N–H and O–H groups in total. The van der Waals surface area contributed by atoms with E-state index in [1.165, 1.54) is 44.4 Å². The Morgan fingerprint density at radius 2 is 1.66 bits per heavy atom. The molecule has 0 bridgehead atoms. The van der Waals surface area contributed by atoms with Gasteiger partial charge in [0, 0.05) is 36.3 Å². The van der Waals surface area contributed by atoms with Crippen molar-refractivity contribution in [1.29, 1.82) is 5.26 Å². The molecule has 2 aromatic carbocycles. The molecule has 0 radical (unpaired) electrons. The SMILES string of the molecule is CN1CCCCC1.COC(=O)N(C)c1ccc(-c2c(-c3ccc(C#N)cc3)nc(OC)c3nccn23)cc1. The van der Waals surface area contributed by atoms with Crippen molar-refractivity contribution >= 4 is 17.4 Å². The number of piperidine rings is 1. The molecule has 0 saturated carbocycles. The van der Waals surface area contributed by atoms with Crippen LogP contribution < -0.4 is 9.64 Å². The lowest BCUT2D eigenvalue weighted by Gasteiger charge is -2.20. The van der Waals surface area contributed by atoms with Gasteiger partial charge in [-0.2, -0.15) is 5.26 Å². The topological polar surface area (TPSA) is 96.0 Å². The molecule has 1 aliphatic rings. The molecule has 3 heterocycles. The number of anilines is 1. The molecule has 1 saturated heterocycles. The van der Waals surface area contributed by atoms with Crippen molar-refractivity contribution in [2.75, 3.05) is 46.3 Å². The second kappa shape index (κ2) is 12.2. The number of hydrogen-bond acceptors (Lipinski definition) is 7. The van der Waals surface area contributed by atoms with Crippen molar-refractivity contribution in [2.24, 2.45) is 0 Å². The van der Waals surface area contributed by atoms with E-state index in [0.29, 0.717) is 28.5 Å². The number of carbonyl (C=O) groups excluding carboxylic acids is 1. The zero-order chi connectivity index (χ0) is 27.1. The fourth-order valence-corrected chi connectivity index (χ4v) is 4.41. The second-order valence-corrected chi connectivity index (χ2v) is 9.07. The molecule has 1 amide bonds. The lowest BCUT2D eigenvalue weighted by atomic mass is 10.0. The van der Waals surface area contributed by atoms with E-state index in [1.54, 1.807) is 32.5 Å². The van der Waals surface area contributed by atoms with Crippen LogP contribution in [0.1, 0.15) is 24.8 Å². The first kappa shape index (κ1) is 26.6. The fourth-order valence-electron chi connectivity index (χ4n) is 4.41. The summed E-state index contributed by atoms with van der Waals surface area (Å²) >= 11 is 0. The summed E-state index contributed by atoms with van der Waals surface area (Å²) in [7, 11) is 6.73. The van der Waals surface area contributed by atoms with Crippen LogP contribution in [-0.4, -0.2) is 66.8 Å². The van der Waals surface area contributed by atoms with Gasteiger partial charge < -0.3 is 14.4 Å². The number of rotatable bonds is 4. The number of ether oxygens (including phenoxy) is 2. The van der Waals surface area contributed by atoms with E-state index in [4.69, 9.17) is 19.7 Å². The van der Waals surface area contributed by atoms with Crippen LogP contribution in [0.3, 0.4) is 0 Å². The number of benzene rings is 2. The van der Waals surface area contributed by atoms with Crippen LogP contribution in [0, 0.1) is 11.3 Å². The van der Waals surface area contributed by atoms with Crippen LogP contribution in [0.25, 0.3) is 28.2 Å². The first-order valence-corrected chi connectivity index (χ1v) is 12.5. The zero-order valence-corrected chi connectivity index (χ0v) is 22.2. The quantitative estimate of drug-likeness (QED) is 0.369. The summed E-state index contributed by atoms with van der Waals surface area (Å²) in [4.78, 5) is 24.7. The normalized spacial score (nSPS) is 13.2. The van der Waals surface area contributed by atoms with E-state index < -0.39 is 6.09 Å². The van der Waals surface area contributed by atoms with Crippen molar-refractivity contribution in [3.8, 4) is 34.5 Å². The monoisotopic (exact) mass is 512 g/mol. The molecule has 1 aliphatic heterocycles. The van der Waals surface area contributed by atoms with Crippen molar-refractivity contribution < 1.29 is 14.3 Å². The molecule has 5 rings (SSSR count). The first-order valence-electron chi connectivity index (χ1n) is 12.5. The van der Waals surface area contributed by atoms with Gasteiger partial charge in [-0.05, 0) is 57.2 Å². The Bertz CT molecular complexity index is 1420. The Morgan fingerprint density at radius 3 is 2.21 bits per heavy atom. The van der Waals surface area contributed by atoms with Gasteiger partial charge in [-0.3, -0.25) is 9.30 Å². The van der Waals surface area contributed by atoms with E-state index in [0.717, 1.165) is 16.8 Å². The van der Waals surface area contributed by atoms with Gasteiger partial charge in [0.05, 0.1) is 37.2 Å². The van der Waals surface area contributed by atoms with E-state index in [1.807, 2.05) is 47.0 Å². The molecule has 2 aromatic heterocycles. The highest BCUT2D eigenvalue weighted by molar-refractivity contribution is 5.88. The number of amides is 1. The molecular formula is C29H32N6O3. The predicted octanol–water partition coefficient (Wildman–Crippen LogP) is 5.25. The van der Waals surface area contributed by atoms with Gasteiger partial charge in [0.1, 0.15) is 0 Å². The number of methoxy groups -OCH3 is 2. The Hall–Kier alpha value is -4.42. The molecule has 0 atom stereocenters. The first-order chi connectivity index (χ1) is 18.5. The highest BCUT2D eigenvalue weighted by Crippen LogP contribution is 2.35. The highest BCUT2D eigenvalue weighted by Gasteiger charge is 2.19. The largest absolute Gasteiger partial charge is 0.478 e. The van der Waals surface area contributed by atoms with Gasteiger partial charge in [-0.25, -0.2) is 14.8 Å². The Labute approximate surface area is 222 Å². The minimum absolute atomic E-state index is 0.398. The summed E-state index contributed by atoms with van der Waals surface area (Å²) in [6.07, 6.45) is 7.35. The molecule has 196 valence electrons. The molecule has 0 spiro atoms. The van der Waals surface area contributed by atoms with Crippen molar-refractivity contribution in [1.82, 2.24) is 19.3 Å². The van der Waals surface area contributed by atoms with Gasteiger partial charge >= 0.3 is 6.09 Å². The minimum atomic E-state index is -0.450. The third kappa shape index (κ3) is 5.76. The van der Waals surface area contributed by atoms with E-state index in [2.05, 4.69) is 23.0 Å². The summed E-state index contributed by atoms with van der Waals surface area (Å²) < 4.78 is 12.2. The maximum atomic E-state index is 11.8. The number of aromatic nitrogens is 3. The van der Waals surface area contributed by atoms with Gasteiger partial charge in [0.15, 0.2) is 0 Å². The Balaban J connectivity index is 0.000000417. The fraction of sp³-hybridized carbons (Fsp3) is 0.310. The van der Waals surface area contributed by atoms with Crippen LogP contribution in [0.15, 0.2) is 60.9 Å². The number of nitriles is 1. The van der Waals surface area contributed by atoms with Crippen LogP contribution in [-0.2, 0) is 4.74 Å². The number of imidazole rings is 1. The summed E-state index contributed by atoms with van der Waals surface area (Å²) in [5.41, 5.74) is 5.05. The maximum absolute atomic E-state index is 11.8. The van der Waals surface area contributed by atoms with E-state index in [-0.39, 0.29) is 0 Å². The summed E-state index contributed by atoms with van der Waals surface area (Å²) in [6.45, 7) is 2.64. The average Bonchev–Trinajstić information content (AvgIpc) is 3.46. The van der Waals surface area contributed by atoms with Crippen molar-refractivity contribution in [2.45, 2.75) is 19.3 Å². The van der Waals surface area contributed by atoms with Crippen LogP contribution >= 0.6 is 0 Å². The van der Waals surface area contributed by atoms with E-state index >= 15 is 0 Å². The predicted molar refractivity (Wildman–Crippen MR) is 147 cm³/mol. The number of nitrogens with zero attached hydrogens (tertiary/aromatic N) is 6. The van der Waals surface area contributed by atoms with Crippen LogP contribution in [0.5, 0.6) is 5.88 Å². The average molecular weight is 513 g/mol. The Morgan fingerprint density at radius 1 is 1.00 bits per heavy atom. The molecule has 9 nitrogen and oxygen atoms in total. The number of hydrogen-bond donors (Lipinski definition) is 0. The zero-order valence-electron chi connectivity index (χ0n) is 22.2. The van der Waals surface area contributed by atoms with Crippen molar-refractivity contribution in [3.63, 3.8) is 0 Å². The van der Waals surface area contributed by atoms with Crippen LogP contribution in [0.4, 0.5) is 10.5 Å². The van der Waals surface area contributed by atoms with Crippen LogP contribution in [0.2, 0.25) is 0 Å². The number of fused-ring (bicyclic) bond motifs is 1. The summed E-state index contributed by atoms with van der Waals surface area (Å²) in [5.74, 6) is 0.398. The lowest BCUT2D eigenvalue weighted by molar-refractivity contribution is 0.180. The molecule has 38 heavy (non-hydrogen) atoms. The van der Waals surface area contributed by atoms with Gasteiger partial charge in [-0.1, -0.05) is 30.7 Å². The number of carbonyl (C=O) groups is 1. The summed E-state index contributed by atoms with van der Waals surface area (Å²) in [6, 6.07) is 16.8. The molecule has 0 aliphatic carbocycles. The third-order valence-corrected chi connectivity index (χ3v) is 6.55. The molecule has 9 heteroatoms. The minimum Gasteiger partial charge on any atom is -0.478 e. The molecule has 1 fully saturated rings. The second-order valence-electron chi connectivity index (χ2n) is 9.07. The van der Waals surface area contributed by atoms with Gasteiger partial charge in [0.25, 0.3) is 5.88 Å². The third-order valence-electron chi connectivity index (χ3n) is 6.55. The number of likely N-dealkylation sites (tertiary alicyclic amines) is 1. The molecular weight excluding hydrogens is 480 g/mol. The molecule has 4 aromatic rings. The van der Waals surface area contributed by atoms with Gasteiger partial charge in [-0.15, -0.1) is 0 Å². The highest BCUT2D eigenvalue weighted by atomic mass is 16.5. The van der Waals surface area contributed by atoms with E-state index in [9.17, 15) is 4.79 Å². The maximum Gasteiger partial charge on any atom is 0.413 e. The molecule has 0 unspecified atom stereocenters. The Kier molecular flexibility index (Phi) is 8.56. The summed E-state index contributed by atoms with van der Waals surface area (Å²) in [5, 5.41) is 9.12. The van der Waals surface area contributed by atoms with Crippen molar-refractivity contribution in [3.05, 3.63) is 66.5 Å². The lowest BCUT2D eigenvalue weighted by Crippen LogP contribution is -2.25.